The van der Waals surface area contributed by atoms with Crippen LogP contribution in [0, 0.1) is 11.3 Å². The molecular formula is C29H27N3O2. The van der Waals surface area contributed by atoms with Crippen LogP contribution in [0.5, 0.6) is 0 Å². The molecule has 34 heavy (non-hydrogen) atoms. The number of para-hydroxylation sites is 1. The second kappa shape index (κ2) is 8.46. The number of hydrogen-bond donors (Lipinski definition) is 0. The minimum absolute atomic E-state index is 0.00783. The van der Waals surface area contributed by atoms with Crippen molar-refractivity contribution in [2.45, 2.75) is 38.5 Å². The maximum atomic E-state index is 13.3. The summed E-state index contributed by atoms with van der Waals surface area (Å²) in [6.07, 6.45) is 7.91. The fourth-order valence-electron chi connectivity index (χ4n) is 5.30. The number of hydrogen-bond acceptors (Lipinski definition) is 4. The van der Waals surface area contributed by atoms with Crippen molar-refractivity contribution in [1.82, 2.24) is 4.90 Å². The Balaban J connectivity index is 1.48. The largest absolute Gasteiger partial charge is 0.344 e. The van der Waals surface area contributed by atoms with E-state index in [1.54, 1.807) is 6.08 Å². The van der Waals surface area contributed by atoms with Crippen LogP contribution in [0.25, 0.3) is 0 Å². The van der Waals surface area contributed by atoms with Gasteiger partial charge in [0, 0.05) is 35.5 Å². The number of carbonyl (C=O) groups is 2. The minimum atomic E-state index is -0.525. The maximum Gasteiger partial charge on any atom is 0.271 e. The van der Waals surface area contributed by atoms with Crippen LogP contribution in [0.2, 0.25) is 0 Å². The highest BCUT2D eigenvalue weighted by molar-refractivity contribution is 6.16. The third kappa shape index (κ3) is 3.56. The van der Waals surface area contributed by atoms with E-state index >= 15 is 0 Å². The molecule has 0 fully saturated rings. The predicted octanol–water partition coefficient (Wildman–Crippen LogP) is 4.60. The smallest absolute Gasteiger partial charge is 0.271 e. The first kappa shape index (κ1) is 21.9. The van der Waals surface area contributed by atoms with Gasteiger partial charge in [0.1, 0.15) is 11.6 Å². The van der Waals surface area contributed by atoms with Crippen LogP contribution in [0.3, 0.4) is 0 Å². The third-order valence-electron chi connectivity index (χ3n) is 7.10. The Labute approximate surface area is 200 Å². The van der Waals surface area contributed by atoms with Gasteiger partial charge in [-0.3, -0.25) is 14.5 Å². The van der Waals surface area contributed by atoms with Crippen molar-refractivity contribution in [2.75, 3.05) is 18.0 Å². The van der Waals surface area contributed by atoms with Crippen molar-refractivity contribution in [2.24, 2.45) is 0 Å². The summed E-state index contributed by atoms with van der Waals surface area (Å²) in [7, 11) is 0. The summed E-state index contributed by atoms with van der Waals surface area (Å²) in [5.74, 6) is -0.882. The number of rotatable bonds is 4. The van der Waals surface area contributed by atoms with Gasteiger partial charge in [-0.25, -0.2) is 0 Å². The van der Waals surface area contributed by atoms with Crippen LogP contribution < -0.4 is 4.90 Å². The van der Waals surface area contributed by atoms with Gasteiger partial charge in [0.05, 0.1) is 0 Å². The molecule has 5 heteroatoms. The van der Waals surface area contributed by atoms with E-state index in [-0.39, 0.29) is 23.4 Å². The molecule has 0 unspecified atom stereocenters. The number of anilines is 1. The zero-order valence-electron chi connectivity index (χ0n) is 19.5. The molecule has 0 spiro atoms. The monoisotopic (exact) mass is 449 g/mol. The lowest BCUT2D eigenvalue weighted by atomic mass is 9.83. The van der Waals surface area contributed by atoms with E-state index in [9.17, 15) is 14.9 Å². The lowest BCUT2D eigenvalue weighted by molar-refractivity contribution is -0.140. The van der Waals surface area contributed by atoms with Crippen molar-refractivity contribution in [1.29, 1.82) is 5.26 Å². The van der Waals surface area contributed by atoms with Crippen LogP contribution in [-0.4, -0.2) is 29.8 Å². The number of aryl methyl sites for hydroxylation is 1. The summed E-state index contributed by atoms with van der Waals surface area (Å²) in [4.78, 5) is 29.6. The Kier molecular flexibility index (Phi) is 5.45. The summed E-state index contributed by atoms with van der Waals surface area (Å²) >= 11 is 0. The van der Waals surface area contributed by atoms with Crippen molar-refractivity contribution < 1.29 is 9.59 Å². The summed E-state index contributed by atoms with van der Waals surface area (Å²) in [6, 6.07) is 18.2. The van der Waals surface area contributed by atoms with Crippen LogP contribution in [0.15, 0.2) is 83.6 Å². The highest BCUT2D eigenvalue weighted by atomic mass is 16.2. The zero-order valence-corrected chi connectivity index (χ0v) is 19.5. The van der Waals surface area contributed by atoms with Gasteiger partial charge in [0.15, 0.2) is 0 Å². The molecule has 0 N–H and O–H groups in total. The molecule has 3 aliphatic heterocycles. The van der Waals surface area contributed by atoms with Crippen molar-refractivity contribution in [3.8, 4) is 6.07 Å². The number of nitriles is 1. The van der Waals surface area contributed by atoms with Crippen molar-refractivity contribution in [3.63, 3.8) is 0 Å². The van der Waals surface area contributed by atoms with Gasteiger partial charge in [-0.15, -0.1) is 0 Å². The molecule has 3 heterocycles. The standard InChI is InChI=1S/C29H27N3O2/c1-29(2)24-12-6-10-21-11-7-16-31(26(21)24)25(29)14-13-22-18-23(19-30)28(34)32(27(22)33)17-15-20-8-4-3-5-9-20/h3-6,8-10,12-14,18H,7,11,15-17H2,1-2H3/b22-13-,25-14+. The SMILES string of the molecule is CC1(C)/C(=C\C=C2\C=C(C#N)C(=O)N(CCc3ccccc3)C2=O)N2CCCc3cccc1c32. The van der Waals surface area contributed by atoms with Crippen molar-refractivity contribution in [3.05, 3.63) is 100 Å². The Hall–Kier alpha value is -3.91. The van der Waals surface area contributed by atoms with E-state index < -0.39 is 5.91 Å². The van der Waals surface area contributed by atoms with Gasteiger partial charge in [0.25, 0.3) is 11.8 Å². The Bertz CT molecular complexity index is 1310. The first-order valence-electron chi connectivity index (χ1n) is 11.8. The van der Waals surface area contributed by atoms with E-state index in [2.05, 4.69) is 36.9 Å². The molecule has 2 aromatic rings. The molecule has 0 aromatic heterocycles. The quantitative estimate of drug-likeness (QED) is 0.505. The van der Waals surface area contributed by atoms with E-state index in [0.717, 1.165) is 30.6 Å². The fourth-order valence-corrected chi connectivity index (χ4v) is 5.30. The highest BCUT2D eigenvalue weighted by Gasteiger charge is 2.42. The van der Waals surface area contributed by atoms with Gasteiger partial charge in [-0.2, -0.15) is 5.26 Å². The third-order valence-corrected chi connectivity index (χ3v) is 7.10. The topological polar surface area (TPSA) is 64.4 Å². The van der Waals surface area contributed by atoms with Gasteiger partial charge < -0.3 is 4.90 Å². The molecule has 5 nitrogen and oxygen atoms in total. The molecule has 0 radical (unpaired) electrons. The first-order valence-corrected chi connectivity index (χ1v) is 11.8. The lowest BCUT2D eigenvalue weighted by Gasteiger charge is -2.30. The number of amides is 2. The summed E-state index contributed by atoms with van der Waals surface area (Å²) in [5.41, 5.74) is 6.29. The molecule has 3 aliphatic rings. The molecule has 170 valence electrons. The molecular weight excluding hydrogens is 422 g/mol. The average molecular weight is 450 g/mol. The van der Waals surface area contributed by atoms with Crippen molar-refractivity contribution >= 4 is 17.5 Å². The second-order valence-electron chi connectivity index (χ2n) is 9.53. The van der Waals surface area contributed by atoms with Crippen LogP contribution in [0.4, 0.5) is 5.69 Å². The molecule has 0 saturated heterocycles. The minimum Gasteiger partial charge on any atom is -0.344 e. The Morgan fingerprint density at radius 1 is 1.03 bits per heavy atom. The molecule has 0 atom stereocenters. The summed E-state index contributed by atoms with van der Waals surface area (Å²) in [5, 5.41) is 9.54. The Morgan fingerprint density at radius 2 is 1.82 bits per heavy atom. The van der Waals surface area contributed by atoms with Gasteiger partial charge >= 0.3 is 0 Å². The fraction of sp³-hybridized carbons (Fsp3) is 0.276. The van der Waals surface area contributed by atoms with E-state index in [0.29, 0.717) is 12.0 Å². The van der Waals surface area contributed by atoms with E-state index in [4.69, 9.17) is 0 Å². The lowest BCUT2D eigenvalue weighted by Crippen LogP contribution is -2.42. The van der Waals surface area contributed by atoms with Crippen LogP contribution in [-0.2, 0) is 27.8 Å². The molecule has 5 rings (SSSR count). The number of nitrogens with zero attached hydrogens (tertiary/aromatic N) is 3. The normalized spacial score (nSPS) is 21.0. The maximum absolute atomic E-state index is 13.3. The molecule has 0 bridgehead atoms. The van der Waals surface area contributed by atoms with E-state index in [1.807, 2.05) is 42.5 Å². The average Bonchev–Trinajstić information content (AvgIpc) is 3.07. The Morgan fingerprint density at radius 3 is 2.59 bits per heavy atom. The summed E-state index contributed by atoms with van der Waals surface area (Å²) < 4.78 is 0. The van der Waals surface area contributed by atoms with Crippen LogP contribution in [0.1, 0.15) is 37.0 Å². The van der Waals surface area contributed by atoms with Gasteiger partial charge in [0.2, 0.25) is 0 Å². The number of benzene rings is 2. The van der Waals surface area contributed by atoms with Gasteiger partial charge in [-0.1, -0.05) is 62.4 Å². The van der Waals surface area contributed by atoms with Crippen LogP contribution >= 0.6 is 0 Å². The van der Waals surface area contributed by atoms with Gasteiger partial charge in [-0.05, 0) is 54.2 Å². The first-order chi connectivity index (χ1) is 16.4. The zero-order chi connectivity index (χ0) is 23.9. The molecule has 2 aromatic carbocycles. The molecule has 0 saturated carbocycles. The highest BCUT2D eigenvalue weighted by Crippen LogP contribution is 2.51. The molecule has 2 amide bonds. The number of imide groups is 1. The second-order valence-corrected chi connectivity index (χ2v) is 9.53. The number of carbonyl (C=O) groups excluding carboxylic acids is 2. The number of allylic oxidation sites excluding steroid dienone is 3. The molecule has 0 aliphatic carbocycles. The predicted molar refractivity (Wildman–Crippen MR) is 132 cm³/mol. The summed E-state index contributed by atoms with van der Waals surface area (Å²) in [6.45, 7) is 5.60. The van der Waals surface area contributed by atoms with E-state index in [1.165, 1.54) is 27.8 Å².